The molecular formula is C14H9BrN2O3. The zero-order chi connectivity index (χ0) is 14.3. The summed E-state index contributed by atoms with van der Waals surface area (Å²) in [7, 11) is 0. The molecule has 0 aliphatic heterocycles. The lowest BCUT2D eigenvalue weighted by molar-refractivity contribution is 0.0698. The van der Waals surface area contributed by atoms with Gasteiger partial charge < -0.3 is 10.1 Å². The summed E-state index contributed by atoms with van der Waals surface area (Å²) in [5.41, 5.74) is 1.18. The maximum Gasteiger partial charge on any atom is 0.337 e. The summed E-state index contributed by atoms with van der Waals surface area (Å²) in [4.78, 5) is 26.1. The number of nitrogens with zero attached hydrogens (tertiary/aromatic N) is 1. The number of imidazole rings is 1. The van der Waals surface area contributed by atoms with E-state index in [1.807, 2.05) is 6.07 Å². The Bertz CT molecular complexity index is 880. The summed E-state index contributed by atoms with van der Waals surface area (Å²) < 4.78 is 2.17. The number of fused-ring (bicyclic) bond motifs is 1. The van der Waals surface area contributed by atoms with E-state index in [-0.39, 0.29) is 11.3 Å². The third-order valence-corrected chi connectivity index (χ3v) is 3.49. The van der Waals surface area contributed by atoms with Crippen molar-refractivity contribution in [1.29, 1.82) is 0 Å². The van der Waals surface area contributed by atoms with Crippen LogP contribution in [-0.4, -0.2) is 20.6 Å². The summed E-state index contributed by atoms with van der Waals surface area (Å²) in [6.07, 6.45) is 0. The molecule has 0 aliphatic carbocycles. The Labute approximate surface area is 121 Å². The van der Waals surface area contributed by atoms with E-state index in [2.05, 4.69) is 20.9 Å². The van der Waals surface area contributed by atoms with Gasteiger partial charge in [0, 0.05) is 4.47 Å². The second-order valence-corrected chi connectivity index (χ2v) is 5.17. The molecule has 5 nitrogen and oxygen atoms in total. The highest BCUT2D eigenvalue weighted by molar-refractivity contribution is 9.10. The maximum absolute atomic E-state index is 12.1. The molecule has 0 saturated heterocycles. The molecule has 0 radical (unpaired) electrons. The van der Waals surface area contributed by atoms with Gasteiger partial charge in [-0.2, -0.15) is 0 Å². The molecule has 2 aromatic carbocycles. The van der Waals surface area contributed by atoms with Crippen molar-refractivity contribution in [2.24, 2.45) is 0 Å². The van der Waals surface area contributed by atoms with E-state index < -0.39 is 5.97 Å². The highest BCUT2D eigenvalue weighted by Crippen LogP contribution is 2.21. The molecule has 0 aliphatic rings. The second kappa shape index (κ2) is 4.64. The Kier molecular flexibility index (Phi) is 2.94. The molecule has 0 unspecified atom stereocenters. The van der Waals surface area contributed by atoms with Gasteiger partial charge in [-0.25, -0.2) is 9.59 Å². The van der Waals surface area contributed by atoms with Gasteiger partial charge in [-0.15, -0.1) is 0 Å². The van der Waals surface area contributed by atoms with Crippen LogP contribution in [-0.2, 0) is 0 Å². The monoisotopic (exact) mass is 332 g/mol. The number of aromatic amines is 1. The maximum atomic E-state index is 12.1. The summed E-state index contributed by atoms with van der Waals surface area (Å²) in [5, 5.41) is 9.28. The fraction of sp³-hybridized carbons (Fsp3) is 0. The molecule has 100 valence electrons. The van der Waals surface area contributed by atoms with Crippen molar-refractivity contribution in [3.8, 4) is 5.69 Å². The molecular weight excluding hydrogens is 324 g/mol. The first-order chi connectivity index (χ1) is 9.58. The summed E-state index contributed by atoms with van der Waals surface area (Å²) in [6, 6.07) is 11.9. The second-order valence-electron chi connectivity index (χ2n) is 4.25. The number of aromatic nitrogens is 2. The van der Waals surface area contributed by atoms with Gasteiger partial charge in [0.25, 0.3) is 0 Å². The van der Waals surface area contributed by atoms with Crippen LogP contribution in [0.2, 0.25) is 0 Å². The average Bonchev–Trinajstić information content (AvgIpc) is 2.74. The molecule has 0 spiro atoms. The lowest BCUT2D eigenvalue weighted by Crippen LogP contribution is -2.15. The zero-order valence-electron chi connectivity index (χ0n) is 10.1. The van der Waals surface area contributed by atoms with Gasteiger partial charge in [0.2, 0.25) is 0 Å². The SMILES string of the molecule is O=C(O)c1cccc2[nH]c(=O)n(-c3cccc(Br)c3)c12. The summed E-state index contributed by atoms with van der Waals surface area (Å²) >= 11 is 3.34. The van der Waals surface area contributed by atoms with Crippen LogP contribution >= 0.6 is 15.9 Å². The van der Waals surface area contributed by atoms with Gasteiger partial charge in [-0.05, 0) is 30.3 Å². The van der Waals surface area contributed by atoms with Crippen LogP contribution in [0.3, 0.4) is 0 Å². The third-order valence-electron chi connectivity index (χ3n) is 3.00. The number of hydrogen-bond donors (Lipinski definition) is 2. The minimum Gasteiger partial charge on any atom is -0.478 e. The number of benzene rings is 2. The average molecular weight is 333 g/mol. The summed E-state index contributed by atoms with van der Waals surface area (Å²) in [6.45, 7) is 0. The van der Waals surface area contributed by atoms with E-state index in [4.69, 9.17) is 0 Å². The fourth-order valence-corrected chi connectivity index (χ4v) is 2.58. The van der Waals surface area contributed by atoms with Crippen molar-refractivity contribution in [2.45, 2.75) is 0 Å². The molecule has 0 saturated carbocycles. The predicted molar refractivity (Wildman–Crippen MR) is 78.6 cm³/mol. The van der Waals surface area contributed by atoms with Crippen molar-refractivity contribution in [3.05, 3.63) is 63.0 Å². The van der Waals surface area contributed by atoms with Crippen molar-refractivity contribution < 1.29 is 9.90 Å². The van der Waals surface area contributed by atoms with Crippen LogP contribution in [0.1, 0.15) is 10.4 Å². The molecule has 6 heteroatoms. The van der Waals surface area contributed by atoms with Crippen molar-refractivity contribution >= 4 is 32.9 Å². The molecule has 3 aromatic rings. The van der Waals surface area contributed by atoms with Crippen LogP contribution in [0.4, 0.5) is 0 Å². The van der Waals surface area contributed by atoms with Crippen LogP contribution in [0.25, 0.3) is 16.7 Å². The normalized spacial score (nSPS) is 10.8. The number of carboxylic acid groups (broad SMARTS) is 1. The number of rotatable bonds is 2. The smallest absolute Gasteiger partial charge is 0.337 e. The van der Waals surface area contributed by atoms with Crippen LogP contribution in [0.5, 0.6) is 0 Å². The van der Waals surface area contributed by atoms with Crippen LogP contribution < -0.4 is 5.69 Å². The van der Waals surface area contributed by atoms with E-state index in [1.54, 1.807) is 30.3 Å². The number of halogens is 1. The van der Waals surface area contributed by atoms with Gasteiger partial charge >= 0.3 is 11.7 Å². The number of hydrogen-bond acceptors (Lipinski definition) is 2. The first-order valence-corrected chi connectivity index (χ1v) is 6.60. The van der Waals surface area contributed by atoms with E-state index in [9.17, 15) is 14.7 Å². The van der Waals surface area contributed by atoms with E-state index in [0.29, 0.717) is 16.7 Å². The minimum atomic E-state index is -1.07. The fourth-order valence-electron chi connectivity index (χ4n) is 2.19. The van der Waals surface area contributed by atoms with E-state index in [1.165, 1.54) is 10.6 Å². The first-order valence-electron chi connectivity index (χ1n) is 5.81. The molecule has 0 amide bonds. The molecule has 1 aromatic heterocycles. The Morgan fingerprint density at radius 3 is 2.65 bits per heavy atom. The largest absolute Gasteiger partial charge is 0.478 e. The molecule has 0 fully saturated rings. The number of carboxylic acids is 1. The lowest BCUT2D eigenvalue weighted by atomic mass is 10.2. The Hall–Kier alpha value is -2.34. The van der Waals surface area contributed by atoms with Gasteiger partial charge in [-0.1, -0.05) is 28.1 Å². The predicted octanol–water partition coefficient (Wildman–Crippen LogP) is 2.78. The van der Waals surface area contributed by atoms with Crippen LogP contribution in [0, 0.1) is 0 Å². The Balaban J connectivity index is 2.44. The number of aromatic carboxylic acids is 1. The third kappa shape index (κ3) is 1.94. The zero-order valence-corrected chi connectivity index (χ0v) is 11.7. The first kappa shape index (κ1) is 12.7. The molecule has 20 heavy (non-hydrogen) atoms. The molecule has 0 atom stereocenters. The van der Waals surface area contributed by atoms with Crippen molar-refractivity contribution in [2.75, 3.05) is 0 Å². The molecule has 2 N–H and O–H groups in total. The number of carbonyl (C=O) groups is 1. The minimum absolute atomic E-state index is 0.0841. The quantitative estimate of drug-likeness (QED) is 0.757. The molecule has 3 rings (SSSR count). The van der Waals surface area contributed by atoms with E-state index in [0.717, 1.165) is 4.47 Å². The standard InChI is InChI=1S/C14H9BrN2O3/c15-8-3-1-4-9(7-8)17-12-10(13(18)19)5-2-6-11(12)16-14(17)20/h1-7H,(H,16,20)(H,18,19). The highest BCUT2D eigenvalue weighted by atomic mass is 79.9. The Morgan fingerprint density at radius 1 is 1.20 bits per heavy atom. The summed E-state index contributed by atoms with van der Waals surface area (Å²) in [5.74, 6) is -1.07. The van der Waals surface area contributed by atoms with Gasteiger partial charge in [-0.3, -0.25) is 4.57 Å². The van der Waals surface area contributed by atoms with Gasteiger partial charge in [0.15, 0.2) is 0 Å². The van der Waals surface area contributed by atoms with E-state index >= 15 is 0 Å². The van der Waals surface area contributed by atoms with Crippen LogP contribution in [0.15, 0.2) is 51.7 Å². The van der Waals surface area contributed by atoms with Gasteiger partial charge in [0.05, 0.1) is 22.3 Å². The molecule has 1 heterocycles. The van der Waals surface area contributed by atoms with Gasteiger partial charge in [0.1, 0.15) is 0 Å². The Morgan fingerprint density at radius 2 is 1.95 bits per heavy atom. The van der Waals surface area contributed by atoms with Crippen molar-refractivity contribution in [1.82, 2.24) is 9.55 Å². The lowest BCUT2D eigenvalue weighted by Gasteiger charge is -2.06. The van der Waals surface area contributed by atoms with Crippen molar-refractivity contribution in [3.63, 3.8) is 0 Å². The topological polar surface area (TPSA) is 75.1 Å². The molecule has 0 bridgehead atoms. The number of H-pyrrole nitrogens is 1. The number of nitrogens with one attached hydrogen (secondary N) is 1. The highest BCUT2D eigenvalue weighted by Gasteiger charge is 2.16. The number of para-hydroxylation sites is 1.